The number of hydrogen-bond acceptors (Lipinski definition) is 4. The molecule has 0 bridgehead atoms. The predicted molar refractivity (Wildman–Crippen MR) is 131 cm³/mol. The van der Waals surface area contributed by atoms with E-state index in [4.69, 9.17) is 4.74 Å². The van der Waals surface area contributed by atoms with Gasteiger partial charge in [-0.15, -0.1) is 0 Å². The fourth-order valence-corrected chi connectivity index (χ4v) is 5.64. The number of urea groups is 1. The Kier molecular flexibility index (Phi) is 8.14. The number of aryl methyl sites for hydroxylation is 1. The number of H-pyrrole nitrogens is 1. The molecular formula is C25H36N4O2S. The van der Waals surface area contributed by atoms with Gasteiger partial charge in [-0.25, -0.2) is 4.79 Å². The Hall–Kier alpha value is -1.99. The molecule has 2 unspecified atom stereocenters. The van der Waals surface area contributed by atoms with E-state index in [1.54, 1.807) is 0 Å². The second-order valence-corrected chi connectivity index (χ2v) is 10.0. The van der Waals surface area contributed by atoms with E-state index >= 15 is 0 Å². The predicted octanol–water partition coefficient (Wildman–Crippen LogP) is 4.29. The molecule has 2 atom stereocenters. The standard InChI is InChI=1S/C25H36N4O2S/c1-3-19-5-7-20(8-6-19)21-15-22(24-16-23(26-27-24)9-12-31-4-2)18-29(17-21)25(30)28-10-13-32-14-11-28/h5-8,16,21-22H,3-4,9-15,17-18H2,1-2H3,(H,26,27). The molecule has 174 valence electrons. The lowest BCUT2D eigenvalue weighted by molar-refractivity contribution is 0.135. The number of piperidine rings is 1. The number of likely N-dealkylation sites (tertiary alicyclic amines) is 1. The van der Waals surface area contributed by atoms with Gasteiger partial charge in [0.2, 0.25) is 0 Å². The van der Waals surface area contributed by atoms with Crippen LogP contribution in [0, 0.1) is 0 Å². The van der Waals surface area contributed by atoms with Crippen LogP contribution in [0.1, 0.15) is 54.6 Å². The molecule has 2 aliphatic rings. The van der Waals surface area contributed by atoms with Crippen molar-refractivity contribution in [3.63, 3.8) is 0 Å². The van der Waals surface area contributed by atoms with Crippen molar-refractivity contribution in [1.82, 2.24) is 20.0 Å². The van der Waals surface area contributed by atoms with Crippen molar-refractivity contribution in [1.29, 1.82) is 0 Å². The monoisotopic (exact) mass is 456 g/mol. The number of nitrogens with one attached hydrogen (secondary N) is 1. The lowest BCUT2D eigenvalue weighted by atomic mass is 9.82. The summed E-state index contributed by atoms with van der Waals surface area (Å²) >= 11 is 1.93. The average molecular weight is 457 g/mol. The Morgan fingerprint density at radius 3 is 2.59 bits per heavy atom. The zero-order chi connectivity index (χ0) is 22.3. The zero-order valence-electron chi connectivity index (χ0n) is 19.4. The van der Waals surface area contributed by atoms with Crippen LogP contribution in [-0.2, 0) is 17.6 Å². The number of nitrogens with zero attached hydrogens (tertiary/aromatic N) is 3. The van der Waals surface area contributed by atoms with Crippen molar-refractivity contribution in [3.05, 3.63) is 52.8 Å². The van der Waals surface area contributed by atoms with Crippen LogP contribution in [0.3, 0.4) is 0 Å². The Labute approximate surface area is 196 Å². The molecule has 1 aromatic heterocycles. The molecule has 1 N–H and O–H groups in total. The molecule has 2 aromatic rings. The van der Waals surface area contributed by atoms with Crippen molar-refractivity contribution in [2.24, 2.45) is 0 Å². The van der Waals surface area contributed by atoms with Crippen molar-refractivity contribution >= 4 is 17.8 Å². The van der Waals surface area contributed by atoms with Crippen LogP contribution in [0.5, 0.6) is 0 Å². The van der Waals surface area contributed by atoms with E-state index in [0.29, 0.717) is 12.5 Å². The van der Waals surface area contributed by atoms with E-state index < -0.39 is 0 Å². The molecule has 3 heterocycles. The van der Waals surface area contributed by atoms with Gasteiger partial charge in [0.05, 0.1) is 12.3 Å². The van der Waals surface area contributed by atoms with E-state index in [1.807, 2.05) is 23.6 Å². The number of aromatic nitrogens is 2. The smallest absolute Gasteiger partial charge is 0.320 e. The van der Waals surface area contributed by atoms with E-state index in [1.165, 1.54) is 11.1 Å². The molecule has 0 radical (unpaired) electrons. The summed E-state index contributed by atoms with van der Waals surface area (Å²) in [7, 11) is 0. The number of carbonyl (C=O) groups is 1. The number of ether oxygens (including phenoxy) is 1. The number of amides is 2. The normalized spacial score (nSPS) is 21.7. The van der Waals surface area contributed by atoms with Gasteiger partial charge in [-0.1, -0.05) is 31.2 Å². The minimum atomic E-state index is 0.192. The van der Waals surface area contributed by atoms with Gasteiger partial charge in [-0.2, -0.15) is 16.9 Å². The molecule has 0 saturated carbocycles. The SMILES string of the molecule is CCOCCc1cc(C2CC(c3ccc(CC)cc3)CN(C(=O)N3CCSCC3)C2)n[nH]1. The summed E-state index contributed by atoms with van der Waals surface area (Å²) < 4.78 is 5.49. The van der Waals surface area contributed by atoms with E-state index in [0.717, 1.165) is 74.9 Å². The van der Waals surface area contributed by atoms with Gasteiger partial charge >= 0.3 is 6.03 Å². The summed E-state index contributed by atoms with van der Waals surface area (Å²) in [6.07, 6.45) is 2.90. The van der Waals surface area contributed by atoms with Crippen molar-refractivity contribution in [3.8, 4) is 0 Å². The third-order valence-corrected chi connectivity index (χ3v) is 7.59. The molecule has 7 heteroatoms. The zero-order valence-corrected chi connectivity index (χ0v) is 20.2. The summed E-state index contributed by atoms with van der Waals surface area (Å²) in [5.41, 5.74) is 4.85. The third-order valence-electron chi connectivity index (χ3n) is 6.65. The van der Waals surface area contributed by atoms with Crippen LogP contribution in [0.2, 0.25) is 0 Å². The molecule has 0 spiro atoms. The lowest BCUT2D eigenvalue weighted by Gasteiger charge is -2.40. The highest BCUT2D eigenvalue weighted by molar-refractivity contribution is 7.99. The fourth-order valence-electron chi connectivity index (χ4n) is 4.73. The number of thioether (sulfide) groups is 1. The van der Waals surface area contributed by atoms with E-state index in [9.17, 15) is 4.79 Å². The molecule has 2 saturated heterocycles. The van der Waals surface area contributed by atoms with Crippen LogP contribution in [-0.4, -0.2) is 76.9 Å². The van der Waals surface area contributed by atoms with Crippen LogP contribution >= 0.6 is 11.8 Å². The van der Waals surface area contributed by atoms with Crippen LogP contribution < -0.4 is 0 Å². The number of benzene rings is 1. The maximum Gasteiger partial charge on any atom is 0.320 e. The molecule has 2 aliphatic heterocycles. The molecule has 32 heavy (non-hydrogen) atoms. The Morgan fingerprint density at radius 2 is 1.88 bits per heavy atom. The second-order valence-electron chi connectivity index (χ2n) is 8.78. The van der Waals surface area contributed by atoms with Crippen molar-refractivity contribution in [2.45, 2.75) is 44.9 Å². The number of hydrogen-bond donors (Lipinski definition) is 1. The second kappa shape index (κ2) is 11.2. The first-order valence-corrected chi connectivity index (χ1v) is 13.2. The van der Waals surface area contributed by atoms with Gasteiger partial charge in [0.25, 0.3) is 0 Å². The van der Waals surface area contributed by atoms with Gasteiger partial charge < -0.3 is 14.5 Å². The van der Waals surface area contributed by atoms with Crippen LogP contribution in [0.15, 0.2) is 30.3 Å². The van der Waals surface area contributed by atoms with Gasteiger partial charge in [-0.05, 0) is 37.0 Å². The largest absolute Gasteiger partial charge is 0.381 e. The first-order chi connectivity index (χ1) is 15.7. The van der Waals surface area contributed by atoms with Crippen LogP contribution in [0.25, 0.3) is 0 Å². The summed E-state index contributed by atoms with van der Waals surface area (Å²) in [6.45, 7) is 8.85. The summed E-state index contributed by atoms with van der Waals surface area (Å²) in [4.78, 5) is 17.5. The van der Waals surface area contributed by atoms with E-state index in [-0.39, 0.29) is 11.9 Å². The third kappa shape index (κ3) is 5.67. The van der Waals surface area contributed by atoms with Gasteiger partial charge in [-0.3, -0.25) is 5.10 Å². The first kappa shape index (κ1) is 23.2. The van der Waals surface area contributed by atoms with Crippen molar-refractivity contribution < 1.29 is 9.53 Å². The molecule has 2 fully saturated rings. The molecule has 4 rings (SSSR count). The fraction of sp³-hybridized carbons (Fsp3) is 0.600. The summed E-state index contributed by atoms with van der Waals surface area (Å²) in [5, 5.41) is 7.84. The Morgan fingerprint density at radius 1 is 1.12 bits per heavy atom. The highest BCUT2D eigenvalue weighted by Crippen LogP contribution is 2.36. The van der Waals surface area contributed by atoms with Crippen LogP contribution in [0.4, 0.5) is 4.79 Å². The molecule has 0 aliphatic carbocycles. The summed E-state index contributed by atoms with van der Waals surface area (Å²) in [6, 6.07) is 11.3. The molecule has 2 amide bonds. The van der Waals surface area contributed by atoms with Gasteiger partial charge in [0, 0.05) is 68.2 Å². The van der Waals surface area contributed by atoms with Gasteiger partial charge in [0.1, 0.15) is 0 Å². The summed E-state index contributed by atoms with van der Waals surface area (Å²) in [5.74, 6) is 2.63. The molecular weight excluding hydrogens is 420 g/mol. The number of aromatic amines is 1. The first-order valence-electron chi connectivity index (χ1n) is 12.0. The average Bonchev–Trinajstić information content (AvgIpc) is 3.33. The minimum Gasteiger partial charge on any atom is -0.381 e. The highest BCUT2D eigenvalue weighted by Gasteiger charge is 2.35. The Bertz CT molecular complexity index is 863. The molecule has 1 aromatic carbocycles. The maximum atomic E-state index is 13.4. The number of rotatable bonds is 7. The maximum absolute atomic E-state index is 13.4. The quantitative estimate of drug-likeness (QED) is 0.632. The van der Waals surface area contributed by atoms with Crippen molar-refractivity contribution in [2.75, 3.05) is 50.9 Å². The highest BCUT2D eigenvalue weighted by atomic mass is 32.2. The number of carbonyl (C=O) groups excluding carboxylic acids is 1. The topological polar surface area (TPSA) is 61.5 Å². The lowest BCUT2D eigenvalue weighted by Crippen LogP contribution is -2.51. The Balaban J connectivity index is 1.52. The molecule has 6 nitrogen and oxygen atoms in total. The van der Waals surface area contributed by atoms with Gasteiger partial charge in [0.15, 0.2) is 0 Å². The van der Waals surface area contributed by atoms with E-state index in [2.05, 4.69) is 52.4 Å². The minimum absolute atomic E-state index is 0.192.